The number of rotatable bonds is 7. The molecule has 84 valence electrons. The zero-order chi connectivity index (χ0) is 10.6. The first-order valence-electron chi connectivity index (χ1n) is 5.99. The highest BCUT2D eigenvalue weighted by atomic mass is 16.3. The Balaban J connectivity index is 2.16. The van der Waals surface area contributed by atoms with Crippen molar-refractivity contribution < 1.29 is 5.11 Å². The molecule has 2 N–H and O–H groups in total. The molecule has 0 bridgehead atoms. The molecule has 0 aromatic heterocycles. The van der Waals surface area contributed by atoms with Crippen molar-refractivity contribution in [3.63, 3.8) is 0 Å². The molecule has 2 atom stereocenters. The van der Waals surface area contributed by atoms with Crippen LogP contribution in [0.1, 0.15) is 52.9 Å². The monoisotopic (exact) mass is 199 g/mol. The average molecular weight is 199 g/mol. The van der Waals surface area contributed by atoms with E-state index in [4.69, 9.17) is 0 Å². The molecular weight excluding hydrogens is 174 g/mol. The number of hydrogen-bond acceptors (Lipinski definition) is 2. The number of hydrogen-bond donors (Lipinski definition) is 2. The summed E-state index contributed by atoms with van der Waals surface area (Å²) in [5.41, 5.74) is -0.517. The fourth-order valence-corrected chi connectivity index (χ4v) is 2.07. The van der Waals surface area contributed by atoms with E-state index in [0.717, 1.165) is 13.0 Å². The van der Waals surface area contributed by atoms with Crippen LogP contribution in [0.15, 0.2) is 0 Å². The quantitative estimate of drug-likeness (QED) is 0.659. The van der Waals surface area contributed by atoms with Crippen molar-refractivity contribution in [1.29, 1.82) is 0 Å². The largest absolute Gasteiger partial charge is 0.389 e. The van der Waals surface area contributed by atoms with Gasteiger partial charge in [-0.25, -0.2) is 0 Å². The van der Waals surface area contributed by atoms with Crippen LogP contribution in [0.2, 0.25) is 0 Å². The maximum absolute atomic E-state index is 10.1. The SMILES string of the molecule is CCCC(C)CC(C)(O)CNC1CC1. The van der Waals surface area contributed by atoms with Crippen LogP contribution in [-0.2, 0) is 0 Å². The molecular formula is C12H25NO. The van der Waals surface area contributed by atoms with Gasteiger partial charge in [0.25, 0.3) is 0 Å². The molecule has 1 fully saturated rings. The normalized spacial score (nSPS) is 23.1. The summed E-state index contributed by atoms with van der Waals surface area (Å²) in [7, 11) is 0. The van der Waals surface area contributed by atoms with E-state index >= 15 is 0 Å². The van der Waals surface area contributed by atoms with Gasteiger partial charge >= 0.3 is 0 Å². The molecule has 2 unspecified atom stereocenters. The van der Waals surface area contributed by atoms with Crippen molar-refractivity contribution in [3.8, 4) is 0 Å². The van der Waals surface area contributed by atoms with E-state index in [1.165, 1.54) is 25.7 Å². The Morgan fingerprint density at radius 1 is 1.50 bits per heavy atom. The van der Waals surface area contributed by atoms with E-state index in [0.29, 0.717) is 12.0 Å². The zero-order valence-electron chi connectivity index (χ0n) is 9.84. The van der Waals surface area contributed by atoms with E-state index in [2.05, 4.69) is 19.2 Å². The molecule has 2 nitrogen and oxygen atoms in total. The Kier molecular flexibility index (Phi) is 4.39. The van der Waals surface area contributed by atoms with Crippen LogP contribution in [-0.4, -0.2) is 23.3 Å². The highest BCUT2D eigenvalue weighted by Gasteiger charge is 2.27. The summed E-state index contributed by atoms with van der Waals surface area (Å²) in [6.45, 7) is 7.14. The molecule has 0 aromatic carbocycles. The highest BCUT2D eigenvalue weighted by Crippen LogP contribution is 2.23. The van der Waals surface area contributed by atoms with Crippen molar-refractivity contribution in [2.45, 2.75) is 64.5 Å². The standard InChI is InChI=1S/C12H25NO/c1-4-5-10(2)8-12(3,14)9-13-11-6-7-11/h10-11,13-14H,4-9H2,1-3H3. The summed E-state index contributed by atoms with van der Waals surface area (Å²) in [5, 5.41) is 13.5. The minimum absolute atomic E-state index is 0.517. The van der Waals surface area contributed by atoms with Crippen LogP contribution in [0.4, 0.5) is 0 Å². The van der Waals surface area contributed by atoms with Crippen molar-refractivity contribution in [2.75, 3.05) is 6.54 Å². The molecule has 1 aliphatic rings. The van der Waals surface area contributed by atoms with Gasteiger partial charge < -0.3 is 10.4 Å². The third kappa shape index (κ3) is 4.97. The van der Waals surface area contributed by atoms with Crippen molar-refractivity contribution in [2.24, 2.45) is 5.92 Å². The van der Waals surface area contributed by atoms with E-state index in [-0.39, 0.29) is 0 Å². The van der Waals surface area contributed by atoms with Crippen molar-refractivity contribution in [3.05, 3.63) is 0 Å². The molecule has 2 heteroatoms. The topological polar surface area (TPSA) is 32.3 Å². The molecule has 0 aliphatic heterocycles. The molecule has 1 aliphatic carbocycles. The zero-order valence-corrected chi connectivity index (χ0v) is 9.84. The molecule has 0 radical (unpaired) electrons. The third-order valence-corrected chi connectivity index (χ3v) is 2.92. The molecule has 14 heavy (non-hydrogen) atoms. The maximum atomic E-state index is 10.1. The fraction of sp³-hybridized carbons (Fsp3) is 1.00. The molecule has 0 amide bonds. The Hall–Kier alpha value is -0.0800. The minimum Gasteiger partial charge on any atom is -0.389 e. The second-order valence-corrected chi connectivity index (χ2v) is 5.25. The Bertz CT molecular complexity index is 164. The van der Waals surface area contributed by atoms with Gasteiger partial charge in [0, 0.05) is 12.6 Å². The van der Waals surface area contributed by atoms with Gasteiger partial charge in [0.1, 0.15) is 0 Å². The summed E-state index contributed by atoms with van der Waals surface area (Å²) < 4.78 is 0. The lowest BCUT2D eigenvalue weighted by Crippen LogP contribution is -2.40. The smallest absolute Gasteiger partial charge is 0.0746 e. The van der Waals surface area contributed by atoms with Crippen LogP contribution < -0.4 is 5.32 Å². The molecule has 0 aromatic rings. The van der Waals surface area contributed by atoms with E-state index in [1.807, 2.05) is 6.92 Å². The van der Waals surface area contributed by atoms with Gasteiger partial charge in [-0.05, 0) is 32.1 Å². The summed E-state index contributed by atoms with van der Waals surface area (Å²) in [6, 6.07) is 0.697. The molecule has 1 saturated carbocycles. The fourth-order valence-electron chi connectivity index (χ4n) is 2.07. The number of aliphatic hydroxyl groups is 1. The van der Waals surface area contributed by atoms with E-state index < -0.39 is 5.60 Å². The van der Waals surface area contributed by atoms with Crippen LogP contribution in [0.25, 0.3) is 0 Å². The molecule has 1 rings (SSSR count). The van der Waals surface area contributed by atoms with Crippen LogP contribution in [0.3, 0.4) is 0 Å². The summed E-state index contributed by atoms with van der Waals surface area (Å²) >= 11 is 0. The lowest BCUT2D eigenvalue weighted by molar-refractivity contribution is 0.0347. The van der Waals surface area contributed by atoms with Gasteiger partial charge in [0.15, 0.2) is 0 Å². The number of nitrogens with one attached hydrogen (secondary N) is 1. The van der Waals surface area contributed by atoms with Gasteiger partial charge in [-0.1, -0.05) is 26.7 Å². The maximum Gasteiger partial charge on any atom is 0.0746 e. The van der Waals surface area contributed by atoms with Gasteiger partial charge in [-0.3, -0.25) is 0 Å². The first-order chi connectivity index (χ1) is 6.53. The summed E-state index contributed by atoms with van der Waals surface area (Å²) in [5.74, 6) is 0.635. The van der Waals surface area contributed by atoms with Crippen LogP contribution in [0, 0.1) is 5.92 Å². The summed E-state index contributed by atoms with van der Waals surface area (Å²) in [4.78, 5) is 0. The second-order valence-electron chi connectivity index (χ2n) is 5.25. The molecule has 0 spiro atoms. The Morgan fingerprint density at radius 2 is 2.14 bits per heavy atom. The minimum atomic E-state index is -0.517. The lowest BCUT2D eigenvalue weighted by Gasteiger charge is -2.27. The summed E-state index contributed by atoms with van der Waals surface area (Å²) in [6.07, 6.45) is 5.94. The van der Waals surface area contributed by atoms with Gasteiger partial charge in [-0.15, -0.1) is 0 Å². The molecule has 0 saturated heterocycles. The Labute approximate surface area is 88.1 Å². The first kappa shape index (κ1) is 12.0. The predicted molar refractivity (Wildman–Crippen MR) is 60.3 cm³/mol. The van der Waals surface area contributed by atoms with Gasteiger partial charge in [-0.2, -0.15) is 0 Å². The van der Waals surface area contributed by atoms with Crippen molar-refractivity contribution in [1.82, 2.24) is 5.32 Å². The van der Waals surface area contributed by atoms with E-state index in [9.17, 15) is 5.11 Å². The molecule has 0 heterocycles. The average Bonchev–Trinajstić information content (AvgIpc) is 2.83. The first-order valence-corrected chi connectivity index (χ1v) is 5.99. The van der Waals surface area contributed by atoms with Crippen LogP contribution in [0.5, 0.6) is 0 Å². The van der Waals surface area contributed by atoms with Gasteiger partial charge in [0.05, 0.1) is 5.60 Å². The highest BCUT2D eigenvalue weighted by molar-refractivity contribution is 4.86. The van der Waals surface area contributed by atoms with Crippen molar-refractivity contribution >= 4 is 0 Å². The van der Waals surface area contributed by atoms with E-state index in [1.54, 1.807) is 0 Å². The second kappa shape index (κ2) is 5.13. The third-order valence-electron chi connectivity index (χ3n) is 2.92. The predicted octanol–water partition coefficient (Wildman–Crippen LogP) is 2.32. The van der Waals surface area contributed by atoms with Gasteiger partial charge in [0.2, 0.25) is 0 Å². The Morgan fingerprint density at radius 3 is 2.64 bits per heavy atom. The lowest BCUT2D eigenvalue weighted by atomic mass is 9.90. The van der Waals surface area contributed by atoms with Crippen LogP contribution >= 0.6 is 0 Å².